The first kappa shape index (κ1) is 23.7. The molecule has 0 saturated heterocycles. The summed E-state index contributed by atoms with van der Waals surface area (Å²) in [6.45, 7) is 3.11. The van der Waals surface area contributed by atoms with Crippen LogP contribution in [-0.2, 0) is 9.53 Å². The molecule has 2 aromatic heterocycles. The van der Waals surface area contributed by atoms with Crippen LogP contribution < -0.4 is 16.0 Å². The number of carbonyl (C=O) groups is 3. The number of anilines is 3. The third-order valence-corrected chi connectivity index (χ3v) is 4.93. The third kappa shape index (κ3) is 6.04. The van der Waals surface area contributed by atoms with Crippen LogP contribution in [0.15, 0.2) is 30.6 Å². The van der Waals surface area contributed by atoms with E-state index in [0.717, 1.165) is 23.7 Å². The highest BCUT2D eigenvalue weighted by Crippen LogP contribution is 2.28. The number of benzene rings is 1. The number of nitrogens with zero attached hydrogens (tertiary/aromatic N) is 3. The van der Waals surface area contributed by atoms with Gasteiger partial charge >= 0.3 is 5.97 Å². The van der Waals surface area contributed by atoms with E-state index in [1.165, 1.54) is 18.5 Å². The molecule has 0 aliphatic heterocycles. The molecule has 0 spiro atoms. The fourth-order valence-electron chi connectivity index (χ4n) is 2.60. The highest BCUT2D eigenvalue weighted by atomic mass is 32.1. The Morgan fingerprint density at radius 2 is 1.91 bits per heavy atom. The number of nitrogens with one attached hydrogen (secondary N) is 3. The van der Waals surface area contributed by atoms with E-state index in [0.29, 0.717) is 10.7 Å². The number of halogens is 2. The van der Waals surface area contributed by atoms with Crippen LogP contribution in [0.25, 0.3) is 0 Å². The van der Waals surface area contributed by atoms with E-state index in [1.54, 1.807) is 13.8 Å². The lowest BCUT2D eigenvalue weighted by Gasteiger charge is -2.09. The molecule has 172 valence electrons. The summed E-state index contributed by atoms with van der Waals surface area (Å²) in [6, 6.07) is 2.98. The van der Waals surface area contributed by atoms with Gasteiger partial charge in [0.15, 0.2) is 11.6 Å². The second-order valence-electron chi connectivity index (χ2n) is 6.46. The second kappa shape index (κ2) is 10.5. The van der Waals surface area contributed by atoms with E-state index in [2.05, 4.69) is 30.3 Å². The molecule has 0 bridgehead atoms. The number of ether oxygens (including phenoxy) is 1. The van der Waals surface area contributed by atoms with Gasteiger partial charge in [0.05, 0.1) is 30.3 Å². The van der Waals surface area contributed by atoms with E-state index in [9.17, 15) is 23.2 Å². The average molecular weight is 476 g/mol. The van der Waals surface area contributed by atoms with Crippen LogP contribution in [0, 0.1) is 18.6 Å². The van der Waals surface area contributed by atoms with Crippen LogP contribution in [0.2, 0.25) is 0 Å². The highest BCUT2D eigenvalue weighted by Gasteiger charge is 2.20. The van der Waals surface area contributed by atoms with E-state index in [-0.39, 0.29) is 35.9 Å². The monoisotopic (exact) mass is 476 g/mol. The minimum atomic E-state index is -1.10. The van der Waals surface area contributed by atoms with Crippen molar-refractivity contribution in [2.24, 2.45) is 0 Å². The first-order valence-corrected chi connectivity index (χ1v) is 10.3. The van der Waals surface area contributed by atoms with Crippen LogP contribution in [-0.4, -0.2) is 45.3 Å². The number of hydrogen-bond donors (Lipinski definition) is 3. The lowest BCUT2D eigenvalue weighted by Crippen LogP contribution is -2.31. The molecular formula is C20H18F2N6O4S. The zero-order chi connectivity index (χ0) is 24.0. The number of aryl methyl sites for hydroxylation is 1. The van der Waals surface area contributed by atoms with Crippen LogP contribution >= 0.6 is 11.5 Å². The fourth-order valence-corrected chi connectivity index (χ4v) is 3.40. The predicted octanol–water partition coefficient (Wildman–Crippen LogP) is 2.81. The standard InChI is InChI=1S/C20H18F2N6O4S/c1-3-32-16(29)9-24-18(30)14-7-23-8-15(26-14)27-20-17(10(2)28-33-20)19(31)25-11-4-5-12(21)13(22)6-11/h4-8H,3,9H2,1-2H3,(H,24,30)(H,25,31)(H,26,27). The molecule has 13 heteroatoms. The van der Waals surface area contributed by atoms with Gasteiger partial charge in [-0.1, -0.05) is 0 Å². The van der Waals surface area contributed by atoms with E-state index in [4.69, 9.17) is 4.74 Å². The molecule has 3 aromatic rings. The second-order valence-corrected chi connectivity index (χ2v) is 7.23. The molecule has 0 aliphatic rings. The van der Waals surface area contributed by atoms with Gasteiger partial charge in [0, 0.05) is 11.8 Å². The van der Waals surface area contributed by atoms with Gasteiger partial charge in [-0.05, 0) is 37.5 Å². The molecule has 33 heavy (non-hydrogen) atoms. The molecule has 1 aromatic carbocycles. The van der Waals surface area contributed by atoms with Crippen molar-refractivity contribution >= 4 is 45.8 Å². The van der Waals surface area contributed by atoms with Crippen LogP contribution in [0.3, 0.4) is 0 Å². The lowest BCUT2D eigenvalue weighted by molar-refractivity contribution is -0.141. The largest absolute Gasteiger partial charge is 0.465 e. The van der Waals surface area contributed by atoms with Gasteiger partial charge in [0.1, 0.15) is 23.1 Å². The summed E-state index contributed by atoms with van der Waals surface area (Å²) < 4.78 is 35.4. The van der Waals surface area contributed by atoms with Crippen molar-refractivity contribution < 1.29 is 27.9 Å². The number of hydrogen-bond acceptors (Lipinski definition) is 9. The Morgan fingerprint density at radius 3 is 2.64 bits per heavy atom. The van der Waals surface area contributed by atoms with Gasteiger partial charge in [0.2, 0.25) is 0 Å². The normalized spacial score (nSPS) is 10.4. The van der Waals surface area contributed by atoms with Gasteiger partial charge in [-0.2, -0.15) is 4.37 Å². The molecular weight excluding hydrogens is 458 g/mol. The zero-order valence-electron chi connectivity index (χ0n) is 17.4. The SMILES string of the molecule is CCOC(=O)CNC(=O)c1cncc(Nc2snc(C)c2C(=O)Nc2ccc(F)c(F)c2)n1. The summed E-state index contributed by atoms with van der Waals surface area (Å²) in [5.74, 6) is -3.83. The summed E-state index contributed by atoms with van der Waals surface area (Å²) in [6.07, 6.45) is 2.54. The molecule has 10 nitrogen and oxygen atoms in total. The summed E-state index contributed by atoms with van der Waals surface area (Å²) in [5, 5.41) is 8.03. The van der Waals surface area contributed by atoms with Crippen molar-refractivity contribution in [1.82, 2.24) is 19.7 Å². The maximum Gasteiger partial charge on any atom is 0.325 e. The Balaban J connectivity index is 1.73. The molecule has 0 aliphatic carbocycles. The number of rotatable bonds is 8. The van der Waals surface area contributed by atoms with Crippen LogP contribution in [0.4, 0.5) is 25.3 Å². The minimum absolute atomic E-state index is 0.0653. The molecule has 2 amide bonds. The molecule has 0 atom stereocenters. The van der Waals surface area contributed by atoms with Crippen molar-refractivity contribution in [3.05, 3.63) is 59.2 Å². The van der Waals surface area contributed by atoms with Crippen molar-refractivity contribution in [2.45, 2.75) is 13.8 Å². The number of esters is 1. The molecule has 2 heterocycles. The van der Waals surface area contributed by atoms with Crippen molar-refractivity contribution in [2.75, 3.05) is 23.8 Å². The smallest absolute Gasteiger partial charge is 0.325 e. The number of carbonyl (C=O) groups excluding carboxylic acids is 3. The molecule has 0 saturated carbocycles. The summed E-state index contributed by atoms with van der Waals surface area (Å²) >= 11 is 0.964. The Bertz CT molecular complexity index is 1200. The van der Waals surface area contributed by atoms with Crippen molar-refractivity contribution in [3.63, 3.8) is 0 Å². The quantitative estimate of drug-likeness (QED) is 0.423. The summed E-state index contributed by atoms with van der Waals surface area (Å²) in [5.41, 5.74) is 0.538. The molecule has 0 fully saturated rings. The van der Waals surface area contributed by atoms with Gasteiger partial charge in [0.25, 0.3) is 11.8 Å². The Hall–Kier alpha value is -4.00. The maximum atomic E-state index is 13.4. The molecule has 0 unspecified atom stereocenters. The third-order valence-electron chi connectivity index (χ3n) is 4.07. The Kier molecular flexibility index (Phi) is 7.56. The first-order chi connectivity index (χ1) is 15.8. The van der Waals surface area contributed by atoms with E-state index in [1.807, 2.05) is 0 Å². The number of amides is 2. The molecule has 3 N–H and O–H groups in total. The van der Waals surface area contributed by atoms with Crippen molar-refractivity contribution in [3.8, 4) is 0 Å². The van der Waals surface area contributed by atoms with Gasteiger partial charge in [-0.15, -0.1) is 0 Å². The average Bonchev–Trinajstić information content (AvgIpc) is 3.15. The van der Waals surface area contributed by atoms with Crippen LogP contribution in [0.1, 0.15) is 33.5 Å². The van der Waals surface area contributed by atoms with Gasteiger partial charge in [-0.3, -0.25) is 19.4 Å². The van der Waals surface area contributed by atoms with Gasteiger partial charge < -0.3 is 20.7 Å². The maximum absolute atomic E-state index is 13.4. The topological polar surface area (TPSA) is 135 Å². The van der Waals surface area contributed by atoms with E-state index < -0.39 is 29.4 Å². The predicted molar refractivity (Wildman–Crippen MR) is 115 cm³/mol. The number of aromatic nitrogens is 3. The fraction of sp³-hybridized carbons (Fsp3) is 0.200. The summed E-state index contributed by atoms with van der Waals surface area (Å²) in [7, 11) is 0. The van der Waals surface area contributed by atoms with Crippen molar-refractivity contribution in [1.29, 1.82) is 0 Å². The van der Waals surface area contributed by atoms with E-state index >= 15 is 0 Å². The van der Waals surface area contributed by atoms with Gasteiger partial charge in [-0.25, -0.2) is 13.8 Å². The first-order valence-electron chi connectivity index (χ1n) is 9.54. The highest BCUT2D eigenvalue weighted by molar-refractivity contribution is 7.10. The molecule has 0 radical (unpaired) electrons. The minimum Gasteiger partial charge on any atom is -0.465 e. The molecule has 3 rings (SSSR count). The Morgan fingerprint density at radius 1 is 1.12 bits per heavy atom. The lowest BCUT2D eigenvalue weighted by atomic mass is 10.2. The van der Waals surface area contributed by atoms with Crippen LogP contribution in [0.5, 0.6) is 0 Å². The summed E-state index contributed by atoms with van der Waals surface area (Å²) in [4.78, 5) is 44.4. The Labute approximate surface area is 190 Å². The zero-order valence-corrected chi connectivity index (χ0v) is 18.3.